The van der Waals surface area contributed by atoms with Crippen molar-refractivity contribution in [2.45, 2.75) is 66.0 Å². The van der Waals surface area contributed by atoms with Gasteiger partial charge in [-0.1, -0.05) is 0 Å². The molecule has 0 saturated carbocycles. The lowest BCUT2D eigenvalue weighted by Crippen LogP contribution is -2.29. The molecular formula is C17H31O9P. The number of hydrogen-bond donors (Lipinski definition) is 0. The summed E-state index contributed by atoms with van der Waals surface area (Å²) in [7, 11) is -1.32. The second-order valence-corrected chi connectivity index (χ2v) is 8.97. The third-order valence-electron chi connectivity index (χ3n) is 3.16. The van der Waals surface area contributed by atoms with Crippen LogP contribution in [0.3, 0.4) is 0 Å². The van der Waals surface area contributed by atoms with Gasteiger partial charge in [-0.05, 0) is 41.5 Å². The smallest absolute Gasteiger partial charge is 0.336 e. The van der Waals surface area contributed by atoms with E-state index in [4.69, 9.17) is 18.7 Å². The van der Waals surface area contributed by atoms with Crippen molar-refractivity contribution in [2.75, 3.05) is 20.4 Å². The standard InChI is InChI=1S/C9H17O5P.C8H14O4/c1-6(10)7(2)13-9(11)8(3)14-15(4,5)12;1-5(9)6(2)12-8(10)7(3)11-4/h7-8H,1-5H3;6-7H,1-4H3/t7-,8+;6-,7+/m10/s1. The van der Waals surface area contributed by atoms with E-state index in [9.17, 15) is 23.7 Å². The average molecular weight is 410 g/mol. The molecule has 0 heterocycles. The van der Waals surface area contributed by atoms with Gasteiger partial charge in [-0.2, -0.15) is 0 Å². The first-order valence-corrected chi connectivity index (χ1v) is 10.8. The zero-order chi connectivity index (χ0) is 21.9. The van der Waals surface area contributed by atoms with Crippen LogP contribution in [0.2, 0.25) is 0 Å². The van der Waals surface area contributed by atoms with Crippen LogP contribution < -0.4 is 0 Å². The maximum atomic E-state index is 11.3. The number of carbonyl (C=O) groups is 4. The van der Waals surface area contributed by atoms with Gasteiger partial charge in [0.1, 0.15) is 0 Å². The lowest BCUT2D eigenvalue weighted by molar-refractivity contribution is -0.162. The van der Waals surface area contributed by atoms with Gasteiger partial charge in [0, 0.05) is 20.4 Å². The van der Waals surface area contributed by atoms with Crippen LogP contribution in [0, 0.1) is 0 Å². The Bertz CT molecular complexity index is 567. The number of hydrogen-bond acceptors (Lipinski definition) is 9. The van der Waals surface area contributed by atoms with Crippen molar-refractivity contribution in [3.63, 3.8) is 0 Å². The Balaban J connectivity index is 0. The summed E-state index contributed by atoms with van der Waals surface area (Å²) in [5.41, 5.74) is 0. The number of rotatable bonds is 9. The van der Waals surface area contributed by atoms with Gasteiger partial charge in [-0.3, -0.25) is 14.2 Å². The van der Waals surface area contributed by atoms with Crippen LogP contribution in [0.5, 0.6) is 0 Å². The molecule has 0 aromatic carbocycles. The van der Waals surface area contributed by atoms with Crippen LogP contribution in [-0.2, 0) is 42.5 Å². The molecule has 0 spiro atoms. The van der Waals surface area contributed by atoms with Gasteiger partial charge >= 0.3 is 11.9 Å². The quantitative estimate of drug-likeness (QED) is 0.415. The Morgan fingerprint density at radius 2 is 1.04 bits per heavy atom. The molecule has 0 amide bonds. The summed E-state index contributed by atoms with van der Waals surface area (Å²) in [4.78, 5) is 43.8. The van der Waals surface area contributed by atoms with Crippen molar-refractivity contribution in [2.24, 2.45) is 0 Å². The predicted molar refractivity (Wildman–Crippen MR) is 98.9 cm³/mol. The largest absolute Gasteiger partial charge is 0.453 e. The fraction of sp³-hybridized carbons (Fsp3) is 0.765. The SMILES string of the molecule is CC(=O)[C@@H](C)OC(=O)[C@H](C)OP(C)(C)=O.CO[C@H](C)C(=O)O[C@@H](C)C(C)=O. The average Bonchev–Trinajstić information content (AvgIpc) is 2.52. The van der Waals surface area contributed by atoms with E-state index in [1.54, 1.807) is 6.92 Å². The second kappa shape index (κ2) is 12.8. The number of carbonyl (C=O) groups excluding carboxylic acids is 4. The van der Waals surface area contributed by atoms with E-state index in [2.05, 4.69) is 0 Å². The van der Waals surface area contributed by atoms with Gasteiger partial charge in [-0.25, -0.2) is 9.59 Å². The maximum absolute atomic E-state index is 11.3. The van der Waals surface area contributed by atoms with Gasteiger partial charge in [0.15, 0.2) is 43.4 Å². The summed E-state index contributed by atoms with van der Waals surface area (Å²) in [6.45, 7) is 11.5. The fourth-order valence-electron chi connectivity index (χ4n) is 1.23. The van der Waals surface area contributed by atoms with Crippen LogP contribution in [0.25, 0.3) is 0 Å². The zero-order valence-electron chi connectivity index (χ0n) is 17.4. The van der Waals surface area contributed by atoms with Gasteiger partial charge in [-0.15, -0.1) is 0 Å². The number of ketones is 2. The molecular weight excluding hydrogens is 379 g/mol. The number of esters is 2. The summed E-state index contributed by atoms with van der Waals surface area (Å²) in [5.74, 6) is -1.61. The first-order valence-electron chi connectivity index (χ1n) is 8.30. The van der Waals surface area contributed by atoms with Crippen molar-refractivity contribution < 1.29 is 42.5 Å². The summed E-state index contributed by atoms with van der Waals surface area (Å²) >= 11 is 0. The molecule has 10 heteroatoms. The van der Waals surface area contributed by atoms with E-state index in [0.717, 1.165) is 0 Å². The molecule has 0 saturated heterocycles. The molecule has 0 fully saturated rings. The molecule has 9 nitrogen and oxygen atoms in total. The van der Waals surface area contributed by atoms with Crippen LogP contribution in [0.4, 0.5) is 0 Å². The molecule has 0 rings (SSSR count). The zero-order valence-corrected chi connectivity index (χ0v) is 18.3. The number of ether oxygens (including phenoxy) is 3. The molecule has 0 aliphatic carbocycles. The van der Waals surface area contributed by atoms with Gasteiger partial charge < -0.3 is 18.7 Å². The van der Waals surface area contributed by atoms with Crippen LogP contribution >= 0.6 is 7.37 Å². The van der Waals surface area contributed by atoms with Crippen molar-refractivity contribution in [1.82, 2.24) is 0 Å². The van der Waals surface area contributed by atoms with E-state index < -0.39 is 43.7 Å². The molecule has 0 aliphatic rings. The lowest BCUT2D eigenvalue weighted by Gasteiger charge is -2.17. The minimum atomic E-state index is -2.73. The van der Waals surface area contributed by atoms with Crippen LogP contribution in [0.1, 0.15) is 41.5 Å². The third kappa shape index (κ3) is 14.2. The summed E-state index contributed by atoms with van der Waals surface area (Å²) in [6, 6.07) is 0. The first kappa shape index (κ1) is 27.6. The Hall–Kier alpha value is -1.57. The maximum Gasteiger partial charge on any atom is 0.336 e. The Labute approximate surface area is 160 Å². The Morgan fingerprint density at radius 3 is 1.30 bits per heavy atom. The molecule has 0 N–H and O–H groups in total. The van der Waals surface area contributed by atoms with E-state index >= 15 is 0 Å². The summed E-state index contributed by atoms with van der Waals surface area (Å²) in [5, 5.41) is 0. The molecule has 0 radical (unpaired) electrons. The van der Waals surface area contributed by atoms with Gasteiger partial charge in [0.25, 0.3) is 0 Å². The van der Waals surface area contributed by atoms with Crippen molar-refractivity contribution >= 4 is 30.9 Å². The molecule has 0 aromatic heterocycles. The summed E-state index contributed by atoms with van der Waals surface area (Å²) < 4.78 is 30.4. The van der Waals surface area contributed by atoms with E-state index in [1.807, 2.05) is 0 Å². The Kier molecular flexibility index (Phi) is 13.1. The molecule has 0 bridgehead atoms. The molecule has 158 valence electrons. The monoisotopic (exact) mass is 410 g/mol. The molecule has 0 aromatic rings. The molecule has 27 heavy (non-hydrogen) atoms. The van der Waals surface area contributed by atoms with Crippen molar-refractivity contribution in [3.8, 4) is 0 Å². The van der Waals surface area contributed by atoms with E-state index in [-0.39, 0.29) is 11.6 Å². The second-order valence-electron chi connectivity index (χ2n) is 6.26. The summed E-state index contributed by atoms with van der Waals surface area (Å²) in [6.07, 6.45) is -3.02. The topological polar surface area (TPSA) is 122 Å². The number of methoxy groups -OCH3 is 1. The highest BCUT2D eigenvalue weighted by Crippen LogP contribution is 2.39. The van der Waals surface area contributed by atoms with E-state index in [0.29, 0.717) is 0 Å². The van der Waals surface area contributed by atoms with Gasteiger partial charge in [0.05, 0.1) is 0 Å². The number of Topliss-reactive ketones (excluding diaryl/α,β-unsaturated/α-hetero) is 2. The normalized spacial score (nSPS) is 15.3. The predicted octanol–water partition coefficient (Wildman–Crippen LogP) is 1.99. The highest BCUT2D eigenvalue weighted by atomic mass is 31.2. The highest BCUT2D eigenvalue weighted by Gasteiger charge is 2.24. The fourth-order valence-corrected chi connectivity index (χ4v) is 2.07. The van der Waals surface area contributed by atoms with Crippen molar-refractivity contribution in [1.29, 1.82) is 0 Å². The minimum Gasteiger partial charge on any atom is -0.453 e. The van der Waals surface area contributed by atoms with Crippen LogP contribution in [0.15, 0.2) is 0 Å². The van der Waals surface area contributed by atoms with Crippen molar-refractivity contribution in [3.05, 3.63) is 0 Å². The lowest BCUT2D eigenvalue weighted by atomic mass is 10.3. The molecule has 4 atom stereocenters. The Morgan fingerprint density at radius 1 is 0.704 bits per heavy atom. The minimum absolute atomic E-state index is 0.174. The molecule has 0 aliphatic heterocycles. The van der Waals surface area contributed by atoms with Crippen LogP contribution in [-0.4, -0.2) is 68.4 Å². The molecule has 0 unspecified atom stereocenters. The highest BCUT2D eigenvalue weighted by molar-refractivity contribution is 7.57. The third-order valence-corrected chi connectivity index (χ3v) is 3.98. The first-order chi connectivity index (χ1) is 12.1. The van der Waals surface area contributed by atoms with Gasteiger partial charge in [0.2, 0.25) is 0 Å². The van der Waals surface area contributed by atoms with E-state index in [1.165, 1.54) is 55.1 Å².